The average molecular weight is 531 g/mol. The number of fused-ring (bicyclic) bond motifs is 1. The zero-order chi connectivity index (χ0) is 23.2. The number of hydrogen-bond donors (Lipinski definition) is 3. The van der Waals surface area contributed by atoms with E-state index in [0.29, 0.717) is 12.8 Å². The van der Waals surface area contributed by atoms with E-state index in [1.807, 2.05) is 0 Å². The minimum absolute atomic E-state index is 0.0336. The van der Waals surface area contributed by atoms with Gasteiger partial charge in [-0.25, -0.2) is 0 Å². The lowest BCUT2D eigenvalue weighted by molar-refractivity contribution is -0.143. The van der Waals surface area contributed by atoms with Crippen molar-refractivity contribution in [2.45, 2.75) is 91.7 Å². The second-order valence-corrected chi connectivity index (χ2v) is 13.0. The molecule has 4 rings (SSSR count). The lowest BCUT2D eigenvalue weighted by Gasteiger charge is -2.39. The van der Waals surface area contributed by atoms with Crippen LogP contribution < -0.4 is 10.6 Å². The summed E-state index contributed by atoms with van der Waals surface area (Å²) in [6.45, 7) is 3.93. The van der Waals surface area contributed by atoms with Crippen molar-refractivity contribution in [2.24, 2.45) is 17.8 Å². The van der Waals surface area contributed by atoms with Gasteiger partial charge in [0.05, 0.1) is 29.2 Å². The lowest BCUT2D eigenvalue weighted by atomic mass is 9.70. The van der Waals surface area contributed by atoms with Gasteiger partial charge in [-0.2, -0.15) is 0 Å². The Morgan fingerprint density at radius 3 is 2.53 bits per heavy atom. The Kier molecular flexibility index (Phi) is 7.18. The zero-order valence-corrected chi connectivity index (χ0v) is 21.6. The molecule has 1 aliphatic carbocycles. The van der Waals surface area contributed by atoms with Crippen LogP contribution in [-0.2, 0) is 14.4 Å². The number of rotatable bonds is 7. The molecule has 180 valence electrons. The van der Waals surface area contributed by atoms with Crippen LogP contribution in [0.4, 0.5) is 0 Å². The summed E-state index contributed by atoms with van der Waals surface area (Å²) in [7, 11) is 1.61. The summed E-state index contributed by atoms with van der Waals surface area (Å²) in [5, 5.41) is 16.2. The van der Waals surface area contributed by atoms with E-state index in [1.165, 1.54) is 6.42 Å². The highest BCUT2D eigenvalue weighted by Gasteiger charge is 2.76. The molecule has 3 N–H and O–H groups in total. The number of aliphatic hydroxyl groups excluding tert-OH is 1. The average Bonchev–Trinajstić information content (AvgIpc) is 3.35. The van der Waals surface area contributed by atoms with Crippen LogP contribution >= 0.6 is 27.7 Å². The van der Waals surface area contributed by atoms with Crippen LogP contribution in [0.15, 0.2) is 0 Å². The highest BCUT2D eigenvalue weighted by Crippen LogP contribution is 2.68. The van der Waals surface area contributed by atoms with Crippen molar-refractivity contribution >= 4 is 45.4 Å². The molecule has 0 aromatic carbocycles. The van der Waals surface area contributed by atoms with Crippen molar-refractivity contribution in [3.63, 3.8) is 0 Å². The maximum Gasteiger partial charge on any atom is 0.244 e. The first-order chi connectivity index (χ1) is 15.2. The molecule has 7 nitrogen and oxygen atoms in total. The molecule has 4 aliphatic rings. The summed E-state index contributed by atoms with van der Waals surface area (Å²) >= 11 is 5.41. The van der Waals surface area contributed by atoms with Gasteiger partial charge in [-0.3, -0.25) is 14.4 Å². The van der Waals surface area contributed by atoms with E-state index in [4.69, 9.17) is 0 Å². The molecule has 3 saturated heterocycles. The molecule has 1 saturated carbocycles. The highest BCUT2D eigenvalue weighted by atomic mass is 79.9. The molecular formula is C23H36BrN3O4S. The standard InChI is InChI=1S/C23H36BrN3O4S/c1-12(2)9-14(11-28)27-19(21(30)26-13-7-5-4-6-8-13)23-10-15(24)18(32-23)16(20(29)25-3)17(23)22(27)31/h12-19,28H,4-11H2,1-3H3,(H,25,29)(H,26,30)/t14-,15?,16+,17+,18+,19?,23?/m1/s1. The molecule has 1 spiro atoms. The molecule has 9 heteroatoms. The first-order valence-electron chi connectivity index (χ1n) is 12.0. The van der Waals surface area contributed by atoms with Crippen LogP contribution in [0.3, 0.4) is 0 Å². The van der Waals surface area contributed by atoms with E-state index in [9.17, 15) is 19.5 Å². The van der Waals surface area contributed by atoms with E-state index in [1.54, 1.807) is 23.7 Å². The molecule has 2 bridgehead atoms. The number of likely N-dealkylation sites (tertiary alicyclic amines) is 1. The molecule has 0 radical (unpaired) electrons. The van der Waals surface area contributed by atoms with Gasteiger partial charge in [-0.1, -0.05) is 49.0 Å². The lowest BCUT2D eigenvalue weighted by Crippen LogP contribution is -2.58. The zero-order valence-electron chi connectivity index (χ0n) is 19.2. The van der Waals surface area contributed by atoms with Gasteiger partial charge >= 0.3 is 0 Å². The number of halogens is 1. The summed E-state index contributed by atoms with van der Waals surface area (Å²) in [5.41, 5.74) is 0. The summed E-state index contributed by atoms with van der Waals surface area (Å²) in [5.74, 6) is -1.12. The minimum Gasteiger partial charge on any atom is -0.394 e. The molecule has 32 heavy (non-hydrogen) atoms. The fourth-order valence-electron chi connectivity index (χ4n) is 6.57. The SMILES string of the molecule is CNC(=O)[C@H]1[C@H]2C(=O)N([C@@H](CO)CC(C)C)C(C(=O)NC3CCCCC3)C23CC(Br)[C@@H]1S3. The van der Waals surface area contributed by atoms with Crippen molar-refractivity contribution in [1.82, 2.24) is 15.5 Å². The number of aliphatic hydroxyl groups is 1. The molecule has 0 aromatic heterocycles. The minimum atomic E-state index is -0.664. The number of nitrogens with one attached hydrogen (secondary N) is 2. The third kappa shape index (κ3) is 3.90. The quantitative estimate of drug-likeness (QED) is 0.438. The number of amides is 3. The number of alkyl halides is 1. The van der Waals surface area contributed by atoms with Gasteiger partial charge in [0.15, 0.2) is 0 Å². The Labute approximate surface area is 203 Å². The Bertz CT molecular complexity index is 762. The molecule has 3 heterocycles. The van der Waals surface area contributed by atoms with Crippen molar-refractivity contribution in [1.29, 1.82) is 0 Å². The Balaban J connectivity index is 1.73. The number of hydrogen-bond acceptors (Lipinski definition) is 5. The Morgan fingerprint density at radius 2 is 1.94 bits per heavy atom. The molecule has 0 aromatic rings. The van der Waals surface area contributed by atoms with Gasteiger partial charge in [0.1, 0.15) is 6.04 Å². The van der Waals surface area contributed by atoms with Gasteiger partial charge in [-0.05, 0) is 31.6 Å². The third-order valence-electron chi connectivity index (χ3n) is 7.82. The normalized spacial score (nSPS) is 37.6. The van der Waals surface area contributed by atoms with Crippen LogP contribution in [-0.4, -0.2) is 74.3 Å². The van der Waals surface area contributed by atoms with Crippen LogP contribution in [0.2, 0.25) is 0 Å². The number of nitrogens with zero attached hydrogens (tertiary/aromatic N) is 1. The summed E-state index contributed by atoms with van der Waals surface area (Å²) < 4.78 is -0.643. The van der Waals surface area contributed by atoms with E-state index < -0.39 is 28.7 Å². The highest BCUT2D eigenvalue weighted by molar-refractivity contribution is 9.09. The van der Waals surface area contributed by atoms with Crippen molar-refractivity contribution in [3.8, 4) is 0 Å². The molecule has 3 aliphatic heterocycles. The molecule has 4 fully saturated rings. The molecule has 3 unspecified atom stereocenters. The monoisotopic (exact) mass is 529 g/mol. The van der Waals surface area contributed by atoms with Crippen LogP contribution in [0.1, 0.15) is 58.8 Å². The van der Waals surface area contributed by atoms with Crippen molar-refractivity contribution in [2.75, 3.05) is 13.7 Å². The maximum absolute atomic E-state index is 13.9. The van der Waals surface area contributed by atoms with E-state index in [2.05, 4.69) is 40.4 Å². The van der Waals surface area contributed by atoms with Crippen molar-refractivity contribution in [3.05, 3.63) is 0 Å². The molecule has 3 amide bonds. The van der Waals surface area contributed by atoms with E-state index >= 15 is 0 Å². The maximum atomic E-state index is 13.9. The topological polar surface area (TPSA) is 98.7 Å². The number of carbonyl (C=O) groups is 3. The summed E-state index contributed by atoms with van der Waals surface area (Å²) in [4.78, 5) is 42.4. The Hall–Kier alpha value is -0.800. The smallest absolute Gasteiger partial charge is 0.244 e. The fraction of sp³-hybridized carbons (Fsp3) is 0.870. The second kappa shape index (κ2) is 9.45. The van der Waals surface area contributed by atoms with Gasteiger partial charge in [0, 0.05) is 23.2 Å². The molecule has 7 atom stereocenters. The van der Waals surface area contributed by atoms with Gasteiger partial charge in [0.25, 0.3) is 0 Å². The predicted molar refractivity (Wildman–Crippen MR) is 128 cm³/mol. The predicted octanol–water partition coefficient (Wildman–Crippen LogP) is 2.05. The van der Waals surface area contributed by atoms with Crippen molar-refractivity contribution < 1.29 is 19.5 Å². The second-order valence-electron chi connectivity index (χ2n) is 10.3. The van der Waals surface area contributed by atoms with Gasteiger partial charge < -0.3 is 20.6 Å². The fourth-order valence-corrected chi connectivity index (χ4v) is 10.2. The molecular weight excluding hydrogens is 494 g/mol. The largest absolute Gasteiger partial charge is 0.394 e. The van der Waals surface area contributed by atoms with E-state index in [-0.39, 0.29) is 46.4 Å². The van der Waals surface area contributed by atoms with Gasteiger partial charge in [-0.15, -0.1) is 11.8 Å². The van der Waals surface area contributed by atoms with Crippen LogP contribution in [0, 0.1) is 17.8 Å². The first-order valence-corrected chi connectivity index (χ1v) is 13.8. The number of thioether (sulfide) groups is 1. The summed E-state index contributed by atoms with van der Waals surface area (Å²) in [6, 6.07) is -0.953. The first kappa shape index (κ1) is 24.3. The van der Waals surface area contributed by atoms with Crippen LogP contribution in [0.5, 0.6) is 0 Å². The van der Waals surface area contributed by atoms with E-state index in [0.717, 1.165) is 25.7 Å². The van der Waals surface area contributed by atoms with Crippen LogP contribution in [0.25, 0.3) is 0 Å². The van der Waals surface area contributed by atoms with Gasteiger partial charge in [0.2, 0.25) is 17.7 Å². The Morgan fingerprint density at radius 1 is 1.25 bits per heavy atom. The third-order valence-corrected chi connectivity index (χ3v) is 11.0. The number of carbonyl (C=O) groups excluding carboxylic acids is 3. The summed E-state index contributed by atoms with van der Waals surface area (Å²) in [6.07, 6.45) is 6.64.